The summed E-state index contributed by atoms with van der Waals surface area (Å²) in [5, 5.41) is 0. The van der Waals surface area contributed by atoms with Gasteiger partial charge in [-0.2, -0.15) is 0 Å². The second-order valence-electron chi connectivity index (χ2n) is 3.80. The maximum atomic E-state index is 11.3. The zero-order chi connectivity index (χ0) is 9.90. The van der Waals surface area contributed by atoms with Gasteiger partial charge >= 0.3 is 0 Å². The molecule has 1 heterocycles. The van der Waals surface area contributed by atoms with E-state index in [1.807, 2.05) is 20.8 Å². The quantitative estimate of drug-likeness (QED) is 0.673. The van der Waals surface area contributed by atoms with Crippen molar-refractivity contribution in [2.75, 3.05) is 6.61 Å². The molecule has 1 aromatic heterocycles. The highest BCUT2D eigenvalue weighted by molar-refractivity contribution is 5.94. The number of hydrogen-bond acceptors (Lipinski definition) is 3. The van der Waals surface area contributed by atoms with Gasteiger partial charge in [0.1, 0.15) is 6.61 Å². The van der Waals surface area contributed by atoms with E-state index in [0.29, 0.717) is 5.76 Å². The Labute approximate surface area is 77.7 Å². The van der Waals surface area contributed by atoms with Gasteiger partial charge in [0, 0.05) is 0 Å². The molecule has 3 heteroatoms. The van der Waals surface area contributed by atoms with E-state index >= 15 is 0 Å². The molecule has 0 aromatic carbocycles. The van der Waals surface area contributed by atoms with Crippen LogP contribution in [0.2, 0.25) is 0 Å². The normalized spacial score (nSPS) is 11.6. The van der Waals surface area contributed by atoms with Crippen molar-refractivity contribution in [1.29, 1.82) is 0 Å². The first kappa shape index (κ1) is 9.99. The van der Waals surface area contributed by atoms with Crippen LogP contribution in [-0.4, -0.2) is 18.0 Å². The number of Topliss-reactive ketones (excluding diaryl/α,β-unsaturated/α-hetero) is 1. The molecule has 0 bridgehead atoms. The number of furan rings is 1. The van der Waals surface area contributed by atoms with Gasteiger partial charge in [-0.1, -0.05) is 0 Å². The summed E-state index contributed by atoms with van der Waals surface area (Å²) in [6.07, 6.45) is 1.48. The molecular weight excluding hydrogens is 168 g/mol. The number of ether oxygens (including phenoxy) is 1. The molecule has 1 rings (SSSR count). The maximum Gasteiger partial charge on any atom is 0.223 e. The van der Waals surface area contributed by atoms with Crippen LogP contribution in [0.25, 0.3) is 0 Å². The number of carbonyl (C=O) groups is 1. The molecule has 0 aliphatic rings. The van der Waals surface area contributed by atoms with Crippen molar-refractivity contribution in [1.82, 2.24) is 0 Å². The van der Waals surface area contributed by atoms with Gasteiger partial charge in [0.2, 0.25) is 5.78 Å². The van der Waals surface area contributed by atoms with E-state index < -0.39 is 0 Å². The van der Waals surface area contributed by atoms with Crippen molar-refractivity contribution in [3.63, 3.8) is 0 Å². The number of rotatable bonds is 3. The summed E-state index contributed by atoms with van der Waals surface area (Å²) in [6, 6.07) is 3.32. The van der Waals surface area contributed by atoms with Gasteiger partial charge < -0.3 is 9.15 Å². The first-order valence-electron chi connectivity index (χ1n) is 4.20. The highest BCUT2D eigenvalue weighted by Crippen LogP contribution is 2.08. The van der Waals surface area contributed by atoms with Crippen molar-refractivity contribution in [3.05, 3.63) is 24.2 Å². The van der Waals surface area contributed by atoms with Crippen LogP contribution in [0.1, 0.15) is 31.3 Å². The molecule has 0 aliphatic carbocycles. The smallest absolute Gasteiger partial charge is 0.223 e. The Kier molecular flexibility index (Phi) is 2.88. The van der Waals surface area contributed by atoms with Crippen molar-refractivity contribution < 1.29 is 13.9 Å². The average Bonchev–Trinajstić information content (AvgIpc) is 2.50. The second kappa shape index (κ2) is 3.75. The Balaban J connectivity index is 2.44. The second-order valence-corrected chi connectivity index (χ2v) is 3.80. The molecule has 72 valence electrons. The monoisotopic (exact) mass is 182 g/mol. The zero-order valence-corrected chi connectivity index (χ0v) is 8.16. The fourth-order valence-corrected chi connectivity index (χ4v) is 0.790. The summed E-state index contributed by atoms with van der Waals surface area (Å²) in [4.78, 5) is 11.3. The molecule has 0 saturated carbocycles. The molecule has 0 aliphatic heterocycles. The van der Waals surface area contributed by atoms with Gasteiger partial charge in [-0.3, -0.25) is 4.79 Å². The summed E-state index contributed by atoms with van der Waals surface area (Å²) >= 11 is 0. The lowest BCUT2D eigenvalue weighted by atomic mass is 10.2. The Bertz CT molecular complexity index is 267. The Morgan fingerprint density at radius 2 is 2.23 bits per heavy atom. The lowest BCUT2D eigenvalue weighted by molar-refractivity contribution is 0.00206. The summed E-state index contributed by atoms with van der Waals surface area (Å²) in [5.41, 5.74) is -0.289. The molecule has 0 amide bonds. The van der Waals surface area contributed by atoms with Crippen LogP contribution in [-0.2, 0) is 4.74 Å². The van der Waals surface area contributed by atoms with Gasteiger partial charge in [-0.15, -0.1) is 0 Å². The third kappa shape index (κ3) is 3.42. The zero-order valence-electron chi connectivity index (χ0n) is 8.16. The number of hydrogen-bond donors (Lipinski definition) is 0. The van der Waals surface area contributed by atoms with E-state index in [2.05, 4.69) is 0 Å². The minimum Gasteiger partial charge on any atom is -0.461 e. The molecular formula is C10H14O3. The predicted octanol–water partition coefficient (Wildman–Crippen LogP) is 2.28. The van der Waals surface area contributed by atoms with Gasteiger partial charge in [0.25, 0.3) is 0 Å². The molecule has 0 fully saturated rings. The minimum absolute atomic E-state index is 0.0665. The molecule has 3 nitrogen and oxygen atoms in total. The summed E-state index contributed by atoms with van der Waals surface area (Å²) in [5.74, 6) is 0.226. The molecule has 13 heavy (non-hydrogen) atoms. The van der Waals surface area contributed by atoms with Crippen molar-refractivity contribution in [2.24, 2.45) is 0 Å². The van der Waals surface area contributed by atoms with E-state index in [-0.39, 0.29) is 18.0 Å². The lowest BCUT2D eigenvalue weighted by Gasteiger charge is -2.18. The van der Waals surface area contributed by atoms with Crippen LogP contribution in [0.15, 0.2) is 22.8 Å². The van der Waals surface area contributed by atoms with Crippen molar-refractivity contribution >= 4 is 5.78 Å². The molecule has 0 spiro atoms. The third-order valence-electron chi connectivity index (χ3n) is 1.43. The Morgan fingerprint density at radius 1 is 1.54 bits per heavy atom. The fourth-order valence-electron chi connectivity index (χ4n) is 0.790. The van der Waals surface area contributed by atoms with E-state index in [0.717, 1.165) is 0 Å². The van der Waals surface area contributed by atoms with Crippen LogP contribution in [0.3, 0.4) is 0 Å². The lowest BCUT2D eigenvalue weighted by Crippen LogP contribution is -2.23. The van der Waals surface area contributed by atoms with Gasteiger partial charge in [0.15, 0.2) is 5.76 Å². The molecule has 1 aromatic rings. The van der Waals surface area contributed by atoms with E-state index in [4.69, 9.17) is 9.15 Å². The highest BCUT2D eigenvalue weighted by Gasteiger charge is 2.15. The average molecular weight is 182 g/mol. The SMILES string of the molecule is CC(C)(C)OCC(=O)c1ccco1. The largest absolute Gasteiger partial charge is 0.461 e. The number of ketones is 1. The highest BCUT2D eigenvalue weighted by atomic mass is 16.5. The molecule has 0 radical (unpaired) electrons. The Hall–Kier alpha value is -1.09. The van der Waals surface area contributed by atoms with Crippen LogP contribution in [0.4, 0.5) is 0 Å². The standard InChI is InChI=1S/C10H14O3/c1-10(2,3)13-7-8(11)9-5-4-6-12-9/h4-6H,7H2,1-3H3. The minimum atomic E-state index is -0.289. The van der Waals surface area contributed by atoms with Crippen LogP contribution in [0.5, 0.6) is 0 Å². The summed E-state index contributed by atoms with van der Waals surface area (Å²) in [6.45, 7) is 5.78. The molecule has 0 unspecified atom stereocenters. The summed E-state index contributed by atoms with van der Waals surface area (Å²) < 4.78 is 10.2. The summed E-state index contributed by atoms with van der Waals surface area (Å²) in [7, 11) is 0. The fraction of sp³-hybridized carbons (Fsp3) is 0.500. The van der Waals surface area contributed by atoms with Crippen LogP contribution >= 0.6 is 0 Å². The molecule has 0 saturated heterocycles. The van der Waals surface area contributed by atoms with Gasteiger partial charge in [-0.05, 0) is 32.9 Å². The van der Waals surface area contributed by atoms with Gasteiger partial charge in [-0.25, -0.2) is 0 Å². The van der Waals surface area contributed by atoms with Crippen LogP contribution in [0, 0.1) is 0 Å². The van der Waals surface area contributed by atoms with Gasteiger partial charge in [0.05, 0.1) is 11.9 Å². The van der Waals surface area contributed by atoms with Crippen LogP contribution < -0.4 is 0 Å². The Morgan fingerprint density at radius 3 is 2.69 bits per heavy atom. The molecule has 0 N–H and O–H groups in total. The predicted molar refractivity (Wildman–Crippen MR) is 48.7 cm³/mol. The topological polar surface area (TPSA) is 39.4 Å². The molecule has 0 atom stereocenters. The van der Waals surface area contributed by atoms with Crippen molar-refractivity contribution in [2.45, 2.75) is 26.4 Å². The van der Waals surface area contributed by atoms with E-state index in [9.17, 15) is 4.79 Å². The van der Waals surface area contributed by atoms with Crippen molar-refractivity contribution in [3.8, 4) is 0 Å². The van der Waals surface area contributed by atoms with E-state index in [1.165, 1.54) is 6.26 Å². The number of carbonyl (C=O) groups excluding carboxylic acids is 1. The first-order valence-corrected chi connectivity index (χ1v) is 4.20. The van der Waals surface area contributed by atoms with E-state index in [1.54, 1.807) is 12.1 Å². The first-order chi connectivity index (χ1) is 5.99. The maximum absolute atomic E-state index is 11.3. The third-order valence-corrected chi connectivity index (χ3v) is 1.43.